The lowest BCUT2D eigenvalue weighted by atomic mass is 10.1. The van der Waals surface area contributed by atoms with E-state index in [1.165, 1.54) is 32.1 Å². The summed E-state index contributed by atoms with van der Waals surface area (Å²) >= 11 is 0. The van der Waals surface area contributed by atoms with Crippen LogP contribution in [0.4, 0.5) is 0 Å². The number of halogens is 1. The van der Waals surface area contributed by atoms with Crippen molar-refractivity contribution in [3.8, 4) is 0 Å². The molecule has 0 rings (SSSR count). The molecule has 0 unspecified atom stereocenters. The van der Waals surface area contributed by atoms with E-state index in [1.54, 1.807) is 0 Å². The van der Waals surface area contributed by atoms with Crippen molar-refractivity contribution in [2.45, 2.75) is 70.8 Å². The van der Waals surface area contributed by atoms with Crippen LogP contribution in [-0.2, 0) is 14.3 Å². The van der Waals surface area contributed by atoms with E-state index in [1.807, 2.05) is 0 Å². The van der Waals surface area contributed by atoms with Crippen LogP contribution in [0.2, 0.25) is 0 Å². The van der Waals surface area contributed by atoms with Crippen molar-refractivity contribution in [2.75, 3.05) is 6.61 Å². The Labute approximate surface area is 138 Å². The zero-order valence-corrected chi connectivity index (χ0v) is 14.6. The molecule has 5 nitrogen and oxygen atoms in total. The third-order valence-electron chi connectivity index (χ3n) is 2.99. The number of rotatable bonds is 12. The van der Waals surface area contributed by atoms with Gasteiger partial charge in [0.2, 0.25) is 0 Å². The molecule has 0 aliphatic heterocycles. The number of carboxylic acid groups (broad SMARTS) is 1. The normalized spacial score (nSPS) is 11.5. The summed E-state index contributed by atoms with van der Waals surface area (Å²) in [7, 11) is 0. The van der Waals surface area contributed by atoms with Crippen molar-refractivity contribution in [1.82, 2.24) is 0 Å². The van der Waals surface area contributed by atoms with Gasteiger partial charge in [-0.15, -0.1) is 24.0 Å². The summed E-state index contributed by atoms with van der Waals surface area (Å²) < 4.78 is 5.01. The topological polar surface area (TPSA) is 89.6 Å². The lowest BCUT2D eigenvalue weighted by Gasteiger charge is -2.07. The van der Waals surface area contributed by atoms with Crippen molar-refractivity contribution in [1.29, 1.82) is 0 Å². The highest BCUT2D eigenvalue weighted by molar-refractivity contribution is 14.0. The minimum Gasteiger partial charge on any atom is -0.480 e. The summed E-state index contributed by atoms with van der Waals surface area (Å²) in [6.07, 6.45) is 8.40. The fraction of sp³-hybridized carbons (Fsp3) is 0.857. The van der Waals surface area contributed by atoms with E-state index in [2.05, 4.69) is 6.92 Å². The van der Waals surface area contributed by atoms with Crippen LogP contribution in [-0.4, -0.2) is 29.7 Å². The van der Waals surface area contributed by atoms with E-state index in [4.69, 9.17) is 15.6 Å². The maximum Gasteiger partial charge on any atom is 0.320 e. The first-order valence-electron chi connectivity index (χ1n) is 7.22. The number of esters is 1. The zero-order valence-electron chi connectivity index (χ0n) is 12.3. The molecular formula is C14H28INO4. The second-order valence-electron chi connectivity index (χ2n) is 4.83. The van der Waals surface area contributed by atoms with Crippen LogP contribution in [0.5, 0.6) is 0 Å². The maximum absolute atomic E-state index is 11.3. The summed E-state index contributed by atoms with van der Waals surface area (Å²) in [5.41, 5.74) is 5.29. The predicted molar refractivity (Wildman–Crippen MR) is 89.2 cm³/mol. The van der Waals surface area contributed by atoms with Crippen molar-refractivity contribution in [3.63, 3.8) is 0 Å². The Balaban J connectivity index is 0. The fourth-order valence-electron chi connectivity index (χ4n) is 1.71. The Bertz CT molecular complexity index is 262. The van der Waals surface area contributed by atoms with Crippen molar-refractivity contribution < 1.29 is 19.4 Å². The van der Waals surface area contributed by atoms with Crippen molar-refractivity contribution in [2.24, 2.45) is 5.73 Å². The molecule has 0 aliphatic carbocycles. The van der Waals surface area contributed by atoms with Crippen LogP contribution in [0.3, 0.4) is 0 Å². The predicted octanol–water partition coefficient (Wildman–Crippen LogP) is 3.09. The van der Waals surface area contributed by atoms with Crippen LogP contribution < -0.4 is 5.73 Å². The Kier molecular flexibility index (Phi) is 16.5. The summed E-state index contributed by atoms with van der Waals surface area (Å²) in [5.74, 6) is -1.44. The third kappa shape index (κ3) is 14.0. The Morgan fingerprint density at radius 1 is 1.10 bits per heavy atom. The van der Waals surface area contributed by atoms with E-state index in [0.29, 0.717) is 6.61 Å². The molecule has 0 heterocycles. The number of hydrogen-bond acceptors (Lipinski definition) is 4. The van der Waals surface area contributed by atoms with Crippen LogP contribution in [0, 0.1) is 0 Å². The Hall–Kier alpha value is -0.370. The SMILES string of the molecule is CCCCCCCCCOC(=O)CC[C@H](N)C(=O)O.I. The summed E-state index contributed by atoms with van der Waals surface area (Å²) in [5, 5.41) is 8.55. The number of hydrogen-bond donors (Lipinski definition) is 2. The third-order valence-corrected chi connectivity index (χ3v) is 2.99. The molecule has 120 valence electrons. The molecule has 0 amide bonds. The van der Waals surface area contributed by atoms with Gasteiger partial charge in [0.1, 0.15) is 6.04 Å². The number of ether oxygens (including phenoxy) is 1. The number of carbonyl (C=O) groups is 2. The summed E-state index contributed by atoms with van der Waals surface area (Å²) in [4.78, 5) is 21.7. The average molecular weight is 401 g/mol. The lowest BCUT2D eigenvalue weighted by Crippen LogP contribution is -2.30. The molecule has 20 heavy (non-hydrogen) atoms. The van der Waals surface area contributed by atoms with Gasteiger partial charge in [-0.1, -0.05) is 45.4 Å². The summed E-state index contributed by atoms with van der Waals surface area (Å²) in [6.45, 7) is 2.62. The number of nitrogens with two attached hydrogens (primary N) is 1. The van der Waals surface area contributed by atoms with Gasteiger partial charge in [-0.3, -0.25) is 9.59 Å². The monoisotopic (exact) mass is 401 g/mol. The number of carbonyl (C=O) groups excluding carboxylic acids is 1. The van der Waals surface area contributed by atoms with Gasteiger partial charge in [0, 0.05) is 6.42 Å². The van der Waals surface area contributed by atoms with E-state index in [0.717, 1.165) is 12.8 Å². The zero-order chi connectivity index (χ0) is 14.5. The molecule has 0 aliphatic rings. The highest BCUT2D eigenvalue weighted by atomic mass is 127. The van der Waals surface area contributed by atoms with E-state index < -0.39 is 12.0 Å². The van der Waals surface area contributed by atoms with Gasteiger partial charge in [-0.2, -0.15) is 0 Å². The van der Waals surface area contributed by atoms with Gasteiger partial charge in [0.25, 0.3) is 0 Å². The molecule has 3 N–H and O–H groups in total. The molecular weight excluding hydrogens is 373 g/mol. The molecule has 0 spiro atoms. The van der Waals surface area contributed by atoms with Crippen molar-refractivity contribution >= 4 is 35.9 Å². The molecule has 0 aromatic heterocycles. The van der Waals surface area contributed by atoms with Gasteiger partial charge in [0.15, 0.2) is 0 Å². The second kappa shape index (κ2) is 15.0. The van der Waals surface area contributed by atoms with Gasteiger partial charge < -0.3 is 15.6 Å². The Morgan fingerprint density at radius 3 is 2.20 bits per heavy atom. The average Bonchev–Trinajstić information content (AvgIpc) is 2.38. The van der Waals surface area contributed by atoms with Gasteiger partial charge in [-0.05, 0) is 12.8 Å². The number of unbranched alkanes of at least 4 members (excludes halogenated alkanes) is 6. The molecule has 0 aromatic rings. The molecule has 1 atom stereocenters. The number of carboxylic acids is 1. The van der Waals surface area contributed by atoms with Crippen LogP contribution in [0.1, 0.15) is 64.7 Å². The first-order valence-corrected chi connectivity index (χ1v) is 7.22. The van der Waals surface area contributed by atoms with E-state index in [-0.39, 0.29) is 42.8 Å². The highest BCUT2D eigenvalue weighted by Gasteiger charge is 2.13. The molecule has 0 bridgehead atoms. The largest absolute Gasteiger partial charge is 0.480 e. The van der Waals surface area contributed by atoms with Gasteiger partial charge >= 0.3 is 11.9 Å². The highest BCUT2D eigenvalue weighted by Crippen LogP contribution is 2.07. The summed E-state index contributed by atoms with van der Waals surface area (Å²) in [6, 6.07) is -0.980. The van der Waals surface area contributed by atoms with Crippen LogP contribution in [0.25, 0.3) is 0 Å². The van der Waals surface area contributed by atoms with Crippen molar-refractivity contribution in [3.05, 3.63) is 0 Å². The fourth-order valence-corrected chi connectivity index (χ4v) is 1.71. The van der Waals surface area contributed by atoms with E-state index in [9.17, 15) is 9.59 Å². The minimum atomic E-state index is -1.08. The van der Waals surface area contributed by atoms with Gasteiger partial charge in [-0.25, -0.2) is 0 Å². The quantitative estimate of drug-likeness (QED) is 0.298. The number of aliphatic carboxylic acids is 1. The standard InChI is InChI=1S/C14H27NO4.HI/c1-2-3-4-5-6-7-8-11-19-13(16)10-9-12(15)14(17)18;/h12H,2-11,15H2,1H3,(H,17,18);1H/t12-;/m0./s1. The molecule has 0 saturated carbocycles. The van der Waals surface area contributed by atoms with Crippen LogP contribution in [0.15, 0.2) is 0 Å². The molecule has 0 fully saturated rings. The van der Waals surface area contributed by atoms with Gasteiger partial charge in [0.05, 0.1) is 6.61 Å². The maximum atomic E-state index is 11.3. The Morgan fingerprint density at radius 2 is 1.65 bits per heavy atom. The first kappa shape index (κ1) is 21.9. The second-order valence-corrected chi connectivity index (χ2v) is 4.83. The lowest BCUT2D eigenvalue weighted by molar-refractivity contribution is -0.144. The van der Waals surface area contributed by atoms with E-state index >= 15 is 0 Å². The molecule has 6 heteroatoms. The minimum absolute atomic E-state index is 0. The smallest absolute Gasteiger partial charge is 0.320 e. The molecule has 0 radical (unpaired) electrons. The first-order chi connectivity index (χ1) is 9.07. The van der Waals surface area contributed by atoms with Crippen LogP contribution >= 0.6 is 24.0 Å². The molecule has 0 aromatic carbocycles. The molecule has 0 saturated heterocycles.